The smallest absolute Gasteiger partial charge is 0.251 e. The average molecular weight is 369 g/mol. The lowest BCUT2D eigenvalue weighted by Crippen LogP contribution is -2.37. The zero-order valence-corrected chi connectivity index (χ0v) is 14.3. The summed E-state index contributed by atoms with van der Waals surface area (Å²) < 4.78 is 28.4. The second kappa shape index (κ2) is 8.47. The van der Waals surface area contributed by atoms with E-state index < -0.39 is 23.4 Å². The molecule has 2 rings (SSSR count). The number of H-pyrrole nitrogens is 1. The van der Waals surface area contributed by atoms with Crippen molar-refractivity contribution < 1.29 is 18.4 Å². The van der Waals surface area contributed by atoms with Gasteiger partial charge in [-0.15, -0.1) is 0 Å². The van der Waals surface area contributed by atoms with Gasteiger partial charge >= 0.3 is 0 Å². The molecule has 0 bridgehead atoms. The Morgan fingerprint density at radius 1 is 1.24 bits per heavy atom. The lowest BCUT2D eigenvalue weighted by atomic mass is 10.2. The fraction of sp³-hybridized carbons (Fsp3) is 0.333. The molecule has 0 saturated carbocycles. The summed E-state index contributed by atoms with van der Waals surface area (Å²) in [6.45, 7) is 2.59. The standard InChI is InChI=1S/C15H17F2N5O2S/c1-2-22-12(20-21-15(22)25)3-4-18-13(23)8-19-14(24)9-5-10(16)7-11(17)6-9/h5-7H,2-4,8H2,1H3,(H,18,23)(H,19,24)(H,21,25). The summed E-state index contributed by atoms with van der Waals surface area (Å²) >= 11 is 5.07. The first-order chi connectivity index (χ1) is 11.9. The topological polar surface area (TPSA) is 91.8 Å². The highest BCUT2D eigenvalue weighted by Crippen LogP contribution is 2.07. The molecule has 0 spiro atoms. The van der Waals surface area contributed by atoms with Crippen LogP contribution in [0.1, 0.15) is 23.1 Å². The number of hydrogen-bond acceptors (Lipinski definition) is 4. The molecule has 0 atom stereocenters. The van der Waals surface area contributed by atoms with Gasteiger partial charge in [0.05, 0.1) is 6.54 Å². The van der Waals surface area contributed by atoms with E-state index >= 15 is 0 Å². The minimum atomic E-state index is -0.862. The maximum absolute atomic E-state index is 13.1. The number of carbonyl (C=O) groups is 2. The summed E-state index contributed by atoms with van der Waals surface area (Å²) in [5, 5.41) is 11.7. The highest BCUT2D eigenvalue weighted by Gasteiger charge is 2.11. The van der Waals surface area contributed by atoms with Gasteiger partial charge in [0.2, 0.25) is 5.91 Å². The third-order valence-corrected chi connectivity index (χ3v) is 3.67. The van der Waals surface area contributed by atoms with E-state index in [9.17, 15) is 18.4 Å². The molecule has 0 fully saturated rings. The van der Waals surface area contributed by atoms with Crippen LogP contribution in [-0.2, 0) is 17.8 Å². The van der Waals surface area contributed by atoms with Crippen LogP contribution in [0.4, 0.5) is 8.78 Å². The predicted molar refractivity (Wildman–Crippen MR) is 88.5 cm³/mol. The van der Waals surface area contributed by atoms with E-state index in [0.717, 1.165) is 12.1 Å². The Morgan fingerprint density at radius 2 is 1.92 bits per heavy atom. The third-order valence-electron chi connectivity index (χ3n) is 3.36. The van der Waals surface area contributed by atoms with Gasteiger partial charge < -0.3 is 15.2 Å². The van der Waals surface area contributed by atoms with Gasteiger partial charge in [0.25, 0.3) is 5.91 Å². The van der Waals surface area contributed by atoms with Crippen molar-refractivity contribution in [3.63, 3.8) is 0 Å². The Labute approximate surface area is 147 Å². The number of aromatic nitrogens is 3. The summed E-state index contributed by atoms with van der Waals surface area (Å²) in [5.41, 5.74) is -0.191. The van der Waals surface area contributed by atoms with Crippen molar-refractivity contribution in [2.45, 2.75) is 19.9 Å². The number of halogens is 2. The van der Waals surface area contributed by atoms with Gasteiger partial charge in [0, 0.05) is 31.1 Å². The summed E-state index contributed by atoms with van der Waals surface area (Å²) in [4.78, 5) is 23.5. The molecule has 0 aliphatic carbocycles. The molecule has 2 aromatic rings. The number of aromatic amines is 1. The van der Waals surface area contributed by atoms with Gasteiger partial charge in [-0.25, -0.2) is 8.78 Å². The third kappa shape index (κ3) is 5.18. The van der Waals surface area contributed by atoms with E-state index in [1.165, 1.54) is 0 Å². The molecule has 0 aliphatic rings. The van der Waals surface area contributed by atoms with E-state index in [0.29, 0.717) is 36.2 Å². The molecule has 7 nitrogen and oxygen atoms in total. The Bertz CT molecular complexity index is 813. The lowest BCUT2D eigenvalue weighted by Gasteiger charge is -2.08. The number of nitrogens with one attached hydrogen (secondary N) is 3. The van der Waals surface area contributed by atoms with Crippen LogP contribution in [0.5, 0.6) is 0 Å². The monoisotopic (exact) mass is 369 g/mol. The Hall–Kier alpha value is -2.62. The number of benzene rings is 1. The lowest BCUT2D eigenvalue weighted by molar-refractivity contribution is -0.120. The fourth-order valence-electron chi connectivity index (χ4n) is 2.19. The molecular formula is C15H17F2N5O2S. The summed E-state index contributed by atoms with van der Waals surface area (Å²) in [6, 6.07) is 2.45. The fourth-order valence-corrected chi connectivity index (χ4v) is 2.47. The van der Waals surface area contributed by atoms with Gasteiger partial charge in [-0.1, -0.05) is 0 Å². The van der Waals surface area contributed by atoms with Crippen LogP contribution in [0.25, 0.3) is 0 Å². The van der Waals surface area contributed by atoms with Gasteiger partial charge in [-0.2, -0.15) is 5.10 Å². The molecule has 3 N–H and O–H groups in total. The van der Waals surface area contributed by atoms with E-state index in [-0.39, 0.29) is 12.1 Å². The summed E-state index contributed by atoms with van der Waals surface area (Å²) in [5.74, 6) is -2.17. The second-order valence-electron chi connectivity index (χ2n) is 5.13. The quantitative estimate of drug-likeness (QED) is 0.642. The molecule has 0 radical (unpaired) electrons. The highest BCUT2D eigenvalue weighted by molar-refractivity contribution is 7.71. The molecule has 1 aromatic carbocycles. The van der Waals surface area contributed by atoms with Crippen molar-refractivity contribution >= 4 is 24.0 Å². The SMILES string of the molecule is CCn1c(CCNC(=O)CNC(=O)c2cc(F)cc(F)c2)n[nH]c1=S. The largest absolute Gasteiger partial charge is 0.354 e. The van der Waals surface area contributed by atoms with Gasteiger partial charge in [-0.05, 0) is 31.3 Å². The molecule has 0 saturated heterocycles. The van der Waals surface area contributed by atoms with Crippen LogP contribution in [0.15, 0.2) is 18.2 Å². The van der Waals surface area contributed by atoms with Gasteiger partial charge in [0.1, 0.15) is 17.5 Å². The minimum absolute atomic E-state index is 0.191. The summed E-state index contributed by atoms with van der Waals surface area (Å²) in [7, 11) is 0. The van der Waals surface area contributed by atoms with Crippen molar-refractivity contribution in [2.75, 3.05) is 13.1 Å². The maximum Gasteiger partial charge on any atom is 0.251 e. The van der Waals surface area contributed by atoms with E-state index in [4.69, 9.17) is 12.2 Å². The number of amides is 2. The highest BCUT2D eigenvalue weighted by atomic mass is 32.1. The first kappa shape index (κ1) is 18.7. The maximum atomic E-state index is 13.1. The van der Waals surface area contributed by atoms with Crippen LogP contribution in [-0.4, -0.2) is 39.7 Å². The van der Waals surface area contributed by atoms with Gasteiger partial charge in [-0.3, -0.25) is 14.7 Å². The molecule has 1 aromatic heterocycles. The molecular weight excluding hydrogens is 352 g/mol. The number of hydrogen-bond donors (Lipinski definition) is 3. The van der Waals surface area contributed by atoms with Crippen LogP contribution in [0.2, 0.25) is 0 Å². The molecule has 25 heavy (non-hydrogen) atoms. The van der Waals surface area contributed by atoms with Crippen LogP contribution >= 0.6 is 12.2 Å². The van der Waals surface area contributed by atoms with Crippen molar-refractivity contribution in [1.82, 2.24) is 25.4 Å². The average Bonchev–Trinajstić information content (AvgIpc) is 2.91. The molecule has 2 amide bonds. The van der Waals surface area contributed by atoms with Crippen molar-refractivity contribution in [1.29, 1.82) is 0 Å². The van der Waals surface area contributed by atoms with Crippen LogP contribution < -0.4 is 10.6 Å². The first-order valence-corrected chi connectivity index (χ1v) is 7.96. The van der Waals surface area contributed by atoms with Crippen molar-refractivity contribution in [2.24, 2.45) is 0 Å². The summed E-state index contributed by atoms with van der Waals surface area (Å²) in [6.07, 6.45) is 0.468. The van der Waals surface area contributed by atoms with Crippen LogP contribution in [0.3, 0.4) is 0 Å². The Kier molecular flexibility index (Phi) is 6.34. The minimum Gasteiger partial charge on any atom is -0.354 e. The van der Waals surface area contributed by atoms with E-state index in [1.807, 2.05) is 11.5 Å². The Balaban J connectivity index is 1.78. The van der Waals surface area contributed by atoms with E-state index in [2.05, 4.69) is 20.8 Å². The van der Waals surface area contributed by atoms with E-state index in [1.54, 1.807) is 0 Å². The van der Waals surface area contributed by atoms with Crippen LogP contribution in [0, 0.1) is 16.4 Å². The van der Waals surface area contributed by atoms with Crippen molar-refractivity contribution in [3.8, 4) is 0 Å². The molecule has 10 heteroatoms. The Morgan fingerprint density at radius 3 is 2.56 bits per heavy atom. The van der Waals surface area contributed by atoms with Gasteiger partial charge in [0.15, 0.2) is 4.77 Å². The number of carbonyl (C=O) groups excluding carboxylic acids is 2. The second-order valence-corrected chi connectivity index (χ2v) is 5.52. The van der Waals surface area contributed by atoms with Crippen molar-refractivity contribution in [3.05, 3.63) is 46.0 Å². The predicted octanol–water partition coefficient (Wildman–Crippen LogP) is 1.33. The number of nitrogens with zero attached hydrogens (tertiary/aromatic N) is 2. The first-order valence-electron chi connectivity index (χ1n) is 7.55. The molecule has 1 heterocycles. The molecule has 134 valence electrons. The zero-order chi connectivity index (χ0) is 18.4. The molecule has 0 aliphatic heterocycles. The zero-order valence-electron chi connectivity index (χ0n) is 13.4. The number of rotatable bonds is 7. The molecule has 0 unspecified atom stereocenters. The normalized spacial score (nSPS) is 10.5.